The van der Waals surface area contributed by atoms with Gasteiger partial charge in [-0.1, -0.05) is 85.4 Å². The van der Waals surface area contributed by atoms with Gasteiger partial charge in [0, 0.05) is 34.9 Å². The molecule has 0 saturated carbocycles. The Balaban J connectivity index is 1.26. The average molecular weight is 490 g/mol. The number of benzene rings is 4. The van der Waals surface area contributed by atoms with E-state index in [9.17, 15) is 4.79 Å². The lowest BCUT2D eigenvalue weighted by atomic mass is 10.1. The quantitative estimate of drug-likeness (QED) is 0.252. The van der Waals surface area contributed by atoms with Crippen LogP contribution in [-0.2, 0) is 17.8 Å². The minimum atomic E-state index is -0.192. The van der Waals surface area contributed by atoms with E-state index in [1.807, 2.05) is 6.08 Å². The fourth-order valence-electron chi connectivity index (χ4n) is 4.75. The van der Waals surface area contributed by atoms with Crippen molar-refractivity contribution in [3.63, 3.8) is 0 Å². The van der Waals surface area contributed by atoms with Crippen LogP contribution in [0, 0.1) is 0 Å². The number of fused-ring (bicyclic) bond motifs is 2. The topological polar surface area (TPSA) is 46.1 Å². The number of anilines is 1. The number of carbonyl (C=O) groups is 1. The molecule has 6 rings (SSSR count). The lowest BCUT2D eigenvalue weighted by Crippen LogP contribution is -2.30. The number of hydrogen-bond acceptors (Lipinski definition) is 3. The molecule has 1 aliphatic heterocycles. The summed E-state index contributed by atoms with van der Waals surface area (Å²) in [4.78, 5) is 13.5. The molecule has 1 aromatic heterocycles. The predicted octanol–water partition coefficient (Wildman–Crippen LogP) is 7.00. The highest BCUT2D eigenvalue weighted by atomic mass is 32.2. The number of aromatic nitrogens is 1. The van der Waals surface area contributed by atoms with E-state index in [1.165, 1.54) is 33.7 Å². The van der Waals surface area contributed by atoms with Crippen molar-refractivity contribution < 1.29 is 4.79 Å². The summed E-state index contributed by atoms with van der Waals surface area (Å²) in [6, 6.07) is 31.8. The highest BCUT2D eigenvalue weighted by Crippen LogP contribution is 2.33. The first-order valence-electron chi connectivity index (χ1n) is 12.3. The second-order valence-electron chi connectivity index (χ2n) is 9.09. The number of rotatable bonds is 6. The van der Waals surface area contributed by atoms with Crippen LogP contribution in [0.4, 0.5) is 5.69 Å². The standard InChI is InChI=1S/C31H27N3OS/c1-2-21-12-15-26(16-13-21)32-31-33-30(35)29(36-31)18-25-20-34(28-10-6-5-9-27(25)28)19-22-11-14-23-7-3-4-8-24(23)17-22/h3-18,20,31-32H,2,19H2,1H3,(H,33,35)/b29-18-/t31-/m0/s1. The summed E-state index contributed by atoms with van der Waals surface area (Å²) >= 11 is 1.52. The van der Waals surface area contributed by atoms with Crippen molar-refractivity contribution in [2.45, 2.75) is 25.4 Å². The summed E-state index contributed by atoms with van der Waals surface area (Å²) in [7, 11) is 0. The van der Waals surface area contributed by atoms with Crippen molar-refractivity contribution in [3.05, 3.63) is 119 Å². The van der Waals surface area contributed by atoms with Gasteiger partial charge in [0.05, 0.1) is 4.91 Å². The Labute approximate surface area is 215 Å². The van der Waals surface area contributed by atoms with Gasteiger partial charge in [0.15, 0.2) is 5.50 Å². The van der Waals surface area contributed by atoms with E-state index < -0.39 is 0 Å². The highest BCUT2D eigenvalue weighted by molar-refractivity contribution is 8.05. The van der Waals surface area contributed by atoms with Crippen LogP contribution in [0.1, 0.15) is 23.6 Å². The Morgan fingerprint density at radius 3 is 2.50 bits per heavy atom. The summed E-state index contributed by atoms with van der Waals surface area (Å²) in [5, 5.41) is 10.1. The van der Waals surface area contributed by atoms with Gasteiger partial charge in [-0.25, -0.2) is 0 Å². The van der Waals surface area contributed by atoms with Crippen LogP contribution < -0.4 is 10.6 Å². The second-order valence-corrected chi connectivity index (χ2v) is 10.2. The fourth-order valence-corrected chi connectivity index (χ4v) is 5.73. The molecule has 0 radical (unpaired) electrons. The van der Waals surface area contributed by atoms with E-state index in [4.69, 9.17) is 0 Å². The Hall–Kier alpha value is -3.96. The van der Waals surface area contributed by atoms with Crippen molar-refractivity contribution in [2.24, 2.45) is 0 Å². The fraction of sp³-hybridized carbons (Fsp3) is 0.129. The summed E-state index contributed by atoms with van der Waals surface area (Å²) in [6.45, 7) is 2.91. The van der Waals surface area contributed by atoms with Gasteiger partial charge >= 0.3 is 0 Å². The number of nitrogens with one attached hydrogen (secondary N) is 2. The number of para-hydroxylation sites is 1. The largest absolute Gasteiger partial charge is 0.357 e. The third-order valence-corrected chi connectivity index (χ3v) is 7.69. The first-order chi connectivity index (χ1) is 17.7. The molecule has 0 spiro atoms. The summed E-state index contributed by atoms with van der Waals surface area (Å²) in [5.41, 5.74) is 5.56. The monoisotopic (exact) mass is 489 g/mol. The molecule has 1 fully saturated rings. The molecule has 5 heteroatoms. The maximum Gasteiger partial charge on any atom is 0.260 e. The molecule has 1 amide bonds. The summed E-state index contributed by atoms with van der Waals surface area (Å²) in [6.07, 6.45) is 5.18. The van der Waals surface area contributed by atoms with Crippen molar-refractivity contribution in [1.29, 1.82) is 0 Å². The maximum absolute atomic E-state index is 12.8. The van der Waals surface area contributed by atoms with Crippen molar-refractivity contribution in [1.82, 2.24) is 9.88 Å². The lowest BCUT2D eigenvalue weighted by Gasteiger charge is -2.12. The van der Waals surface area contributed by atoms with Crippen LogP contribution in [0.3, 0.4) is 0 Å². The minimum Gasteiger partial charge on any atom is -0.357 e. The van der Waals surface area contributed by atoms with E-state index in [0.717, 1.165) is 35.1 Å². The van der Waals surface area contributed by atoms with Gasteiger partial charge in [-0.05, 0) is 58.7 Å². The van der Waals surface area contributed by atoms with Crippen molar-refractivity contribution in [3.8, 4) is 0 Å². The highest BCUT2D eigenvalue weighted by Gasteiger charge is 2.27. The van der Waals surface area contributed by atoms with E-state index in [-0.39, 0.29) is 11.4 Å². The third kappa shape index (κ3) is 4.50. The van der Waals surface area contributed by atoms with Gasteiger partial charge in [0.25, 0.3) is 5.91 Å². The predicted molar refractivity (Wildman–Crippen MR) is 152 cm³/mol. The van der Waals surface area contributed by atoms with E-state index >= 15 is 0 Å². The normalized spacial score (nSPS) is 16.6. The van der Waals surface area contributed by atoms with E-state index in [0.29, 0.717) is 4.91 Å². The molecule has 4 nitrogen and oxygen atoms in total. The van der Waals surface area contributed by atoms with Crippen LogP contribution in [0.25, 0.3) is 27.8 Å². The Morgan fingerprint density at radius 2 is 1.67 bits per heavy atom. The smallest absolute Gasteiger partial charge is 0.260 e. The van der Waals surface area contributed by atoms with Gasteiger partial charge in [-0.15, -0.1) is 0 Å². The first kappa shape index (κ1) is 22.5. The van der Waals surface area contributed by atoms with E-state index in [2.05, 4.69) is 119 Å². The van der Waals surface area contributed by atoms with Crippen LogP contribution in [0.2, 0.25) is 0 Å². The van der Waals surface area contributed by atoms with Crippen LogP contribution in [0.5, 0.6) is 0 Å². The maximum atomic E-state index is 12.8. The Morgan fingerprint density at radius 1 is 0.917 bits per heavy atom. The van der Waals surface area contributed by atoms with Crippen molar-refractivity contribution >= 4 is 51.1 Å². The number of amides is 1. The van der Waals surface area contributed by atoms with Crippen molar-refractivity contribution in [2.75, 3.05) is 5.32 Å². The molecule has 178 valence electrons. The SMILES string of the molecule is CCc1ccc(N[C@H]2NC(=O)/C(=C/c3cn(Cc4ccc5ccccc5c4)c4ccccc34)S2)cc1. The van der Waals surface area contributed by atoms with Crippen LogP contribution in [0.15, 0.2) is 102 Å². The average Bonchev–Trinajstić information content (AvgIpc) is 3.43. The molecular formula is C31H27N3OS. The van der Waals surface area contributed by atoms with Gasteiger partial charge < -0.3 is 15.2 Å². The molecule has 36 heavy (non-hydrogen) atoms. The molecular weight excluding hydrogens is 462 g/mol. The zero-order chi connectivity index (χ0) is 24.5. The van der Waals surface area contributed by atoms with Gasteiger partial charge in [0.1, 0.15) is 0 Å². The van der Waals surface area contributed by atoms with Crippen LogP contribution >= 0.6 is 11.8 Å². The molecule has 4 aromatic carbocycles. The lowest BCUT2D eigenvalue weighted by molar-refractivity contribution is -0.116. The molecule has 0 bridgehead atoms. The molecule has 0 aliphatic carbocycles. The molecule has 2 heterocycles. The summed E-state index contributed by atoms with van der Waals surface area (Å²) in [5.74, 6) is -0.0472. The van der Waals surface area contributed by atoms with E-state index in [1.54, 1.807) is 0 Å². The Bertz CT molecular complexity index is 1600. The minimum absolute atomic E-state index is 0.0472. The van der Waals surface area contributed by atoms with Gasteiger partial charge in [0.2, 0.25) is 0 Å². The first-order valence-corrected chi connectivity index (χ1v) is 13.1. The molecule has 1 saturated heterocycles. The molecule has 1 atom stereocenters. The zero-order valence-corrected chi connectivity index (χ0v) is 20.9. The number of hydrogen-bond donors (Lipinski definition) is 2. The zero-order valence-electron chi connectivity index (χ0n) is 20.1. The number of carbonyl (C=O) groups excluding carboxylic acids is 1. The van der Waals surface area contributed by atoms with Crippen LogP contribution in [-0.4, -0.2) is 16.0 Å². The summed E-state index contributed by atoms with van der Waals surface area (Å²) < 4.78 is 2.27. The Kier molecular flexibility index (Phi) is 5.99. The molecule has 0 unspecified atom stereocenters. The molecule has 2 N–H and O–H groups in total. The number of thioether (sulfide) groups is 1. The third-order valence-electron chi connectivity index (χ3n) is 6.66. The van der Waals surface area contributed by atoms with Gasteiger partial charge in [-0.3, -0.25) is 4.79 Å². The number of nitrogens with zero attached hydrogens (tertiary/aromatic N) is 1. The molecule has 5 aromatic rings. The second kappa shape index (κ2) is 9.59. The number of aryl methyl sites for hydroxylation is 1. The van der Waals surface area contributed by atoms with Gasteiger partial charge in [-0.2, -0.15) is 0 Å². The molecule has 1 aliphatic rings.